The average molecular weight is 537 g/mol. The normalized spacial score (nSPS) is 11.3. The number of hydrogen-bond donors (Lipinski definition) is 0. The van der Waals surface area contributed by atoms with E-state index in [4.69, 9.17) is 0 Å². The van der Waals surface area contributed by atoms with E-state index in [0.29, 0.717) is 0 Å². The van der Waals surface area contributed by atoms with Crippen molar-refractivity contribution in [3.05, 3.63) is 170 Å². The van der Waals surface area contributed by atoms with E-state index in [1.54, 1.807) is 0 Å². The zero-order valence-electron chi connectivity index (χ0n) is 23.1. The first-order chi connectivity index (χ1) is 20.9. The summed E-state index contributed by atoms with van der Waals surface area (Å²) in [6.45, 7) is 0. The first-order valence-corrected chi connectivity index (χ1v) is 14.4. The van der Waals surface area contributed by atoms with Gasteiger partial charge in [-0.15, -0.1) is 0 Å². The molecule has 2 nitrogen and oxygen atoms in total. The summed E-state index contributed by atoms with van der Waals surface area (Å²) in [5, 5.41) is 5.09. The van der Waals surface area contributed by atoms with Crippen molar-refractivity contribution < 1.29 is 0 Å². The van der Waals surface area contributed by atoms with Crippen LogP contribution in [0.5, 0.6) is 0 Å². The van der Waals surface area contributed by atoms with E-state index in [1.807, 2.05) is 0 Å². The van der Waals surface area contributed by atoms with Crippen LogP contribution in [-0.2, 0) is 0 Å². The Bertz CT molecular complexity index is 2140. The van der Waals surface area contributed by atoms with E-state index >= 15 is 0 Å². The summed E-state index contributed by atoms with van der Waals surface area (Å²) in [5.41, 5.74) is 9.39. The van der Waals surface area contributed by atoms with Gasteiger partial charge in [0.1, 0.15) is 0 Å². The summed E-state index contributed by atoms with van der Waals surface area (Å²) >= 11 is 0. The van der Waals surface area contributed by atoms with Crippen LogP contribution in [0.1, 0.15) is 0 Å². The minimum Gasteiger partial charge on any atom is -0.310 e. The monoisotopic (exact) mass is 536 g/mol. The average Bonchev–Trinajstić information content (AvgIpc) is 3.41. The lowest BCUT2D eigenvalue weighted by Gasteiger charge is -2.26. The number of anilines is 3. The second-order valence-electron chi connectivity index (χ2n) is 10.6. The molecule has 0 unspecified atom stereocenters. The second kappa shape index (κ2) is 10.1. The standard InChI is InChI=1S/C40H28N2/c1-4-14-29(15-5-1)35-24-12-16-30-26-27-38-40(39(30)35)36-23-10-11-25-37(36)42(38)34-22-13-21-33(28-34)41(31-17-6-2-7-18-31)32-19-8-3-9-20-32/h1-28H. The molecule has 0 spiro atoms. The third-order valence-electron chi connectivity index (χ3n) is 8.14. The summed E-state index contributed by atoms with van der Waals surface area (Å²) in [5.74, 6) is 0. The number of fused-ring (bicyclic) bond motifs is 5. The van der Waals surface area contributed by atoms with Crippen molar-refractivity contribution >= 4 is 49.6 Å². The molecular weight excluding hydrogens is 508 g/mol. The van der Waals surface area contributed by atoms with Gasteiger partial charge < -0.3 is 9.47 Å². The molecular formula is C40H28N2. The van der Waals surface area contributed by atoms with Gasteiger partial charge in [-0.1, -0.05) is 115 Å². The summed E-state index contributed by atoms with van der Waals surface area (Å²) < 4.78 is 2.42. The van der Waals surface area contributed by atoms with Gasteiger partial charge >= 0.3 is 0 Å². The lowest BCUT2D eigenvalue weighted by molar-refractivity contribution is 1.17. The Morgan fingerprint density at radius 2 is 1.02 bits per heavy atom. The number of hydrogen-bond acceptors (Lipinski definition) is 1. The smallest absolute Gasteiger partial charge is 0.0547 e. The first kappa shape index (κ1) is 24.2. The predicted molar refractivity (Wildman–Crippen MR) is 178 cm³/mol. The van der Waals surface area contributed by atoms with E-state index in [0.717, 1.165) is 22.7 Å². The van der Waals surface area contributed by atoms with Gasteiger partial charge in [0.2, 0.25) is 0 Å². The Kier molecular flexibility index (Phi) is 5.82. The maximum atomic E-state index is 2.42. The fraction of sp³-hybridized carbons (Fsp3) is 0. The van der Waals surface area contributed by atoms with Crippen LogP contribution in [0.15, 0.2) is 170 Å². The van der Waals surface area contributed by atoms with Gasteiger partial charge in [0.05, 0.1) is 11.0 Å². The second-order valence-corrected chi connectivity index (χ2v) is 10.6. The highest BCUT2D eigenvalue weighted by molar-refractivity contribution is 6.24. The first-order valence-electron chi connectivity index (χ1n) is 14.4. The van der Waals surface area contributed by atoms with Crippen LogP contribution in [0, 0.1) is 0 Å². The Balaban J connectivity index is 1.41. The van der Waals surface area contributed by atoms with Crippen molar-refractivity contribution in [3.8, 4) is 16.8 Å². The molecule has 1 heterocycles. The van der Waals surface area contributed by atoms with Gasteiger partial charge in [-0.2, -0.15) is 0 Å². The molecule has 0 aliphatic carbocycles. The van der Waals surface area contributed by atoms with Gasteiger partial charge in [0, 0.05) is 33.5 Å². The Morgan fingerprint density at radius 3 is 1.76 bits per heavy atom. The number of aromatic nitrogens is 1. The van der Waals surface area contributed by atoms with Crippen molar-refractivity contribution in [1.29, 1.82) is 0 Å². The number of benzene rings is 7. The van der Waals surface area contributed by atoms with E-state index in [-0.39, 0.29) is 0 Å². The minimum absolute atomic E-state index is 1.11. The van der Waals surface area contributed by atoms with Crippen LogP contribution in [0.2, 0.25) is 0 Å². The Hall–Kier alpha value is -5.60. The summed E-state index contributed by atoms with van der Waals surface area (Å²) in [7, 11) is 0. The Labute approximate surface area is 245 Å². The van der Waals surface area contributed by atoms with Crippen LogP contribution in [0.25, 0.3) is 49.4 Å². The maximum absolute atomic E-state index is 2.42. The zero-order chi connectivity index (χ0) is 27.9. The molecule has 0 aliphatic rings. The molecule has 1 aromatic heterocycles. The van der Waals surface area contributed by atoms with Crippen molar-refractivity contribution in [1.82, 2.24) is 4.57 Å². The van der Waals surface area contributed by atoms with Crippen LogP contribution in [-0.4, -0.2) is 4.57 Å². The Morgan fingerprint density at radius 1 is 0.405 bits per heavy atom. The molecule has 0 saturated heterocycles. The van der Waals surface area contributed by atoms with Crippen LogP contribution in [0.4, 0.5) is 17.1 Å². The van der Waals surface area contributed by atoms with E-state index in [1.165, 1.54) is 43.7 Å². The molecule has 0 atom stereocenters. The van der Waals surface area contributed by atoms with E-state index in [9.17, 15) is 0 Å². The fourth-order valence-electron chi connectivity index (χ4n) is 6.35. The van der Waals surface area contributed by atoms with Crippen LogP contribution in [0.3, 0.4) is 0 Å². The SMILES string of the molecule is c1ccc(-c2cccc3ccc4c(c5ccccc5n4-c4cccc(N(c5ccccc5)c5ccccc5)c4)c23)cc1. The number of nitrogens with zero attached hydrogens (tertiary/aromatic N) is 2. The van der Waals surface area contributed by atoms with Gasteiger partial charge in [-0.05, 0) is 76.5 Å². The summed E-state index contributed by atoms with van der Waals surface area (Å²) in [4.78, 5) is 2.32. The molecule has 8 rings (SSSR count). The highest BCUT2D eigenvalue weighted by atomic mass is 15.1. The molecule has 0 fully saturated rings. The zero-order valence-corrected chi connectivity index (χ0v) is 23.1. The van der Waals surface area contributed by atoms with Crippen molar-refractivity contribution in [2.45, 2.75) is 0 Å². The summed E-state index contributed by atoms with van der Waals surface area (Å²) in [6, 6.07) is 60.8. The topological polar surface area (TPSA) is 8.17 Å². The van der Waals surface area contributed by atoms with Crippen LogP contribution >= 0.6 is 0 Å². The molecule has 0 amide bonds. The number of rotatable bonds is 5. The molecule has 0 aliphatic heterocycles. The van der Waals surface area contributed by atoms with Crippen LogP contribution < -0.4 is 4.90 Å². The molecule has 42 heavy (non-hydrogen) atoms. The van der Waals surface area contributed by atoms with Gasteiger partial charge in [-0.3, -0.25) is 0 Å². The molecule has 8 aromatic rings. The third kappa shape index (κ3) is 3.96. The van der Waals surface area contributed by atoms with E-state index < -0.39 is 0 Å². The largest absolute Gasteiger partial charge is 0.310 e. The molecule has 7 aromatic carbocycles. The van der Waals surface area contributed by atoms with Gasteiger partial charge in [0.25, 0.3) is 0 Å². The number of para-hydroxylation sites is 3. The fourth-order valence-corrected chi connectivity index (χ4v) is 6.35. The molecule has 2 heteroatoms. The molecule has 0 N–H and O–H groups in total. The quantitative estimate of drug-likeness (QED) is 0.212. The highest BCUT2D eigenvalue weighted by Gasteiger charge is 2.18. The van der Waals surface area contributed by atoms with Crippen molar-refractivity contribution in [2.24, 2.45) is 0 Å². The molecule has 198 valence electrons. The molecule has 0 radical (unpaired) electrons. The maximum Gasteiger partial charge on any atom is 0.0547 e. The van der Waals surface area contributed by atoms with E-state index in [2.05, 4.69) is 179 Å². The van der Waals surface area contributed by atoms with Crippen molar-refractivity contribution in [2.75, 3.05) is 4.90 Å². The highest BCUT2D eigenvalue weighted by Crippen LogP contribution is 2.42. The van der Waals surface area contributed by atoms with Gasteiger partial charge in [-0.25, -0.2) is 0 Å². The lowest BCUT2D eigenvalue weighted by atomic mass is 9.94. The molecule has 0 saturated carbocycles. The van der Waals surface area contributed by atoms with Crippen molar-refractivity contribution in [3.63, 3.8) is 0 Å². The summed E-state index contributed by atoms with van der Waals surface area (Å²) in [6.07, 6.45) is 0. The lowest BCUT2D eigenvalue weighted by Crippen LogP contribution is -2.10. The molecule has 0 bridgehead atoms. The predicted octanol–water partition coefficient (Wildman–Crippen LogP) is 11.1. The minimum atomic E-state index is 1.11. The van der Waals surface area contributed by atoms with Gasteiger partial charge in [0.15, 0.2) is 0 Å². The third-order valence-corrected chi connectivity index (χ3v) is 8.14.